The molecule has 0 heterocycles. The molecule has 2 aromatic rings. The van der Waals surface area contributed by atoms with Gasteiger partial charge in [0.05, 0.1) is 0 Å². The Morgan fingerprint density at radius 1 is 0.923 bits per heavy atom. The Bertz CT molecular complexity index is 393. The summed E-state index contributed by atoms with van der Waals surface area (Å²) < 4.78 is 0. The normalized spacial score (nSPS) is 9.92. The highest BCUT2D eigenvalue weighted by atomic mass is 35.5. The van der Waals surface area contributed by atoms with Crippen LogP contribution in [0.5, 0.6) is 0 Å². The van der Waals surface area contributed by atoms with E-state index in [1.165, 1.54) is 5.56 Å². The monoisotopic (exact) mass is 187 g/mol. The molecule has 0 fully saturated rings. The van der Waals surface area contributed by atoms with Crippen molar-refractivity contribution in [3.63, 3.8) is 0 Å². The van der Waals surface area contributed by atoms with E-state index in [2.05, 4.69) is 6.07 Å². The van der Waals surface area contributed by atoms with Crippen LogP contribution in [0.1, 0.15) is 0 Å². The van der Waals surface area contributed by atoms with E-state index < -0.39 is 0 Å². The van der Waals surface area contributed by atoms with Crippen molar-refractivity contribution in [2.75, 3.05) is 0 Å². The van der Waals surface area contributed by atoms with Gasteiger partial charge >= 0.3 is 0 Å². The molecule has 0 amide bonds. The van der Waals surface area contributed by atoms with Gasteiger partial charge in [0.2, 0.25) is 0 Å². The van der Waals surface area contributed by atoms with E-state index in [-0.39, 0.29) is 0 Å². The third-order valence-corrected chi connectivity index (χ3v) is 2.11. The molecule has 1 heteroatoms. The summed E-state index contributed by atoms with van der Waals surface area (Å²) in [6, 6.07) is 18.6. The van der Waals surface area contributed by atoms with Gasteiger partial charge in [-0.3, -0.25) is 0 Å². The maximum absolute atomic E-state index is 5.89. The Balaban J connectivity index is 2.48. The predicted octanol–water partition coefficient (Wildman–Crippen LogP) is 3.81. The van der Waals surface area contributed by atoms with Gasteiger partial charge < -0.3 is 0 Å². The van der Waals surface area contributed by atoms with Gasteiger partial charge in [-0.25, -0.2) is 0 Å². The van der Waals surface area contributed by atoms with E-state index in [4.69, 9.17) is 11.6 Å². The molecular formula is C12H8Cl. The van der Waals surface area contributed by atoms with E-state index in [0.29, 0.717) is 0 Å². The third-order valence-electron chi connectivity index (χ3n) is 1.88. The van der Waals surface area contributed by atoms with Gasteiger partial charge in [-0.2, -0.15) is 0 Å². The van der Waals surface area contributed by atoms with Gasteiger partial charge in [0.25, 0.3) is 0 Å². The average molecular weight is 188 g/mol. The van der Waals surface area contributed by atoms with Crippen molar-refractivity contribution < 1.29 is 0 Å². The minimum atomic E-state index is 0.769. The van der Waals surface area contributed by atoms with Crippen molar-refractivity contribution in [1.82, 2.24) is 0 Å². The van der Waals surface area contributed by atoms with Crippen molar-refractivity contribution in [2.45, 2.75) is 0 Å². The van der Waals surface area contributed by atoms with E-state index in [9.17, 15) is 0 Å². The zero-order valence-electron chi connectivity index (χ0n) is 7.00. The molecule has 0 N–H and O–H groups in total. The highest BCUT2D eigenvalue weighted by Crippen LogP contribution is 2.21. The van der Waals surface area contributed by atoms with E-state index in [0.717, 1.165) is 10.6 Å². The fourth-order valence-corrected chi connectivity index (χ4v) is 1.44. The first-order chi connectivity index (χ1) is 6.36. The van der Waals surface area contributed by atoms with Gasteiger partial charge in [-0.15, -0.1) is 0 Å². The van der Waals surface area contributed by atoms with E-state index >= 15 is 0 Å². The van der Waals surface area contributed by atoms with Crippen LogP contribution in [0.15, 0.2) is 48.5 Å². The summed E-state index contributed by atoms with van der Waals surface area (Å²) in [6.45, 7) is 0. The second kappa shape index (κ2) is 3.63. The Kier molecular flexibility index (Phi) is 2.33. The number of hydrogen-bond acceptors (Lipinski definition) is 0. The maximum Gasteiger partial charge on any atom is 0.0412 e. The molecule has 13 heavy (non-hydrogen) atoms. The van der Waals surface area contributed by atoms with Crippen LogP contribution in [-0.2, 0) is 0 Å². The molecule has 0 unspecified atom stereocenters. The summed E-state index contributed by atoms with van der Waals surface area (Å²) in [5.74, 6) is 0. The van der Waals surface area contributed by atoms with Crippen LogP contribution in [0.2, 0.25) is 5.02 Å². The van der Waals surface area contributed by atoms with Gasteiger partial charge in [-0.05, 0) is 29.3 Å². The molecule has 0 aliphatic heterocycles. The summed E-state index contributed by atoms with van der Waals surface area (Å²) >= 11 is 5.89. The van der Waals surface area contributed by atoms with Gasteiger partial charge in [0.1, 0.15) is 0 Å². The molecule has 0 spiro atoms. The summed E-state index contributed by atoms with van der Waals surface area (Å²) in [5.41, 5.74) is 2.31. The lowest BCUT2D eigenvalue weighted by Crippen LogP contribution is -1.75. The van der Waals surface area contributed by atoms with Crippen LogP contribution < -0.4 is 0 Å². The van der Waals surface area contributed by atoms with Crippen molar-refractivity contribution in [3.05, 3.63) is 59.6 Å². The Morgan fingerprint density at radius 3 is 2.38 bits per heavy atom. The molecule has 0 aromatic heterocycles. The zero-order valence-corrected chi connectivity index (χ0v) is 7.75. The largest absolute Gasteiger partial charge is 0.0843 e. The van der Waals surface area contributed by atoms with Crippen molar-refractivity contribution >= 4 is 11.6 Å². The van der Waals surface area contributed by atoms with Gasteiger partial charge in [0, 0.05) is 5.02 Å². The molecular weight excluding hydrogens is 180 g/mol. The summed E-state index contributed by atoms with van der Waals surface area (Å²) in [4.78, 5) is 0. The number of benzene rings is 2. The Labute approximate surface area is 82.8 Å². The number of rotatable bonds is 1. The lowest BCUT2D eigenvalue weighted by atomic mass is 10.1. The summed E-state index contributed by atoms with van der Waals surface area (Å²) in [6.07, 6.45) is 0. The van der Waals surface area contributed by atoms with Crippen LogP contribution >= 0.6 is 11.6 Å². The summed E-state index contributed by atoms with van der Waals surface area (Å²) in [7, 11) is 0. The van der Waals surface area contributed by atoms with Crippen molar-refractivity contribution in [2.24, 2.45) is 0 Å². The molecule has 63 valence electrons. The highest BCUT2D eigenvalue weighted by molar-refractivity contribution is 6.30. The second-order valence-electron chi connectivity index (χ2n) is 2.80. The molecule has 0 saturated heterocycles. The van der Waals surface area contributed by atoms with Crippen molar-refractivity contribution in [3.8, 4) is 11.1 Å². The van der Waals surface area contributed by atoms with Crippen LogP contribution in [0, 0.1) is 6.07 Å². The predicted molar refractivity (Wildman–Crippen MR) is 55.7 cm³/mol. The smallest absolute Gasteiger partial charge is 0.0412 e. The van der Waals surface area contributed by atoms with Crippen LogP contribution in [0.25, 0.3) is 11.1 Å². The van der Waals surface area contributed by atoms with Crippen LogP contribution in [0.3, 0.4) is 0 Å². The molecule has 0 nitrogen and oxygen atoms in total. The molecule has 0 aliphatic rings. The fraction of sp³-hybridized carbons (Fsp3) is 0. The molecule has 2 aromatic carbocycles. The topological polar surface area (TPSA) is 0 Å². The Morgan fingerprint density at radius 2 is 1.69 bits per heavy atom. The zero-order chi connectivity index (χ0) is 9.10. The first-order valence-electron chi connectivity index (χ1n) is 4.08. The van der Waals surface area contributed by atoms with Crippen molar-refractivity contribution in [1.29, 1.82) is 0 Å². The standard InChI is InChI=1S/C12H8Cl/c13-12-8-4-7-11(9-12)10-5-2-1-3-6-10/h2-9H. The van der Waals surface area contributed by atoms with Gasteiger partial charge in [-0.1, -0.05) is 48.0 Å². The van der Waals surface area contributed by atoms with Crippen LogP contribution in [0.4, 0.5) is 0 Å². The maximum atomic E-state index is 5.89. The fourth-order valence-electron chi connectivity index (χ4n) is 1.25. The Hall–Kier alpha value is -1.27. The first kappa shape index (κ1) is 8.33. The summed E-state index contributed by atoms with van der Waals surface area (Å²) in [5, 5.41) is 0.769. The molecule has 2 rings (SSSR count). The van der Waals surface area contributed by atoms with E-state index in [1.54, 1.807) is 0 Å². The lowest BCUT2D eigenvalue weighted by molar-refractivity contribution is 1.61. The number of hydrogen-bond donors (Lipinski definition) is 0. The quantitative estimate of drug-likeness (QED) is 0.637. The van der Waals surface area contributed by atoms with Gasteiger partial charge in [0.15, 0.2) is 0 Å². The SMILES string of the molecule is Clc1cccc(-c2cc[c]cc2)c1. The highest BCUT2D eigenvalue weighted by Gasteiger charge is 1.95. The first-order valence-corrected chi connectivity index (χ1v) is 4.46. The molecule has 0 bridgehead atoms. The third kappa shape index (κ3) is 1.90. The van der Waals surface area contributed by atoms with E-state index in [1.807, 2.05) is 48.5 Å². The van der Waals surface area contributed by atoms with Crippen LogP contribution in [-0.4, -0.2) is 0 Å². The minimum Gasteiger partial charge on any atom is -0.0843 e. The minimum absolute atomic E-state index is 0.769. The molecule has 0 aliphatic carbocycles. The molecule has 0 atom stereocenters. The lowest BCUT2D eigenvalue weighted by Gasteiger charge is -2.00. The average Bonchev–Trinajstić information content (AvgIpc) is 2.19. The second-order valence-corrected chi connectivity index (χ2v) is 3.24. The molecule has 0 saturated carbocycles. The number of halogens is 1. The molecule has 1 radical (unpaired) electrons.